The van der Waals surface area contributed by atoms with Crippen LogP contribution in [0.2, 0.25) is 10.0 Å². The van der Waals surface area contributed by atoms with Gasteiger partial charge >= 0.3 is 59.1 Å². The molecule has 208 valence electrons. The van der Waals surface area contributed by atoms with E-state index in [0.29, 0.717) is 6.07 Å². The molecule has 0 amide bonds. The van der Waals surface area contributed by atoms with Gasteiger partial charge in [-0.2, -0.15) is 16.8 Å². The van der Waals surface area contributed by atoms with Crippen molar-refractivity contribution in [2.24, 2.45) is 15.2 Å². The quantitative estimate of drug-likeness (QED) is 0.0779. The number of para-hydroxylation sites is 1. The van der Waals surface area contributed by atoms with Gasteiger partial charge in [0.1, 0.15) is 21.2 Å². The molecular weight excluding hydrogens is 655 g/mol. The zero-order valence-corrected chi connectivity index (χ0v) is 29.1. The van der Waals surface area contributed by atoms with Crippen molar-refractivity contribution in [3.05, 3.63) is 76.3 Å². The maximum atomic E-state index is 13.6. The average molecular weight is 670 g/mol. The van der Waals surface area contributed by atoms with Gasteiger partial charge in [0.15, 0.2) is 0 Å². The van der Waals surface area contributed by atoms with Crippen molar-refractivity contribution >= 4 is 77.2 Å². The Balaban J connectivity index is 0.00000308. The van der Waals surface area contributed by atoms with Crippen LogP contribution in [-0.2, 0) is 20.2 Å². The van der Waals surface area contributed by atoms with Crippen LogP contribution in [-0.4, -0.2) is 38.9 Å². The molecule has 0 bridgehead atoms. The maximum absolute atomic E-state index is 13.6. The molecule has 0 unspecified atom stereocenters. The molecule has 2 N–H and O–H groups in total. The van der Waals surface area contributed by atoms with Gasteiger partial charge in [0, 0.05) is 21.4 Å². The van der Waals surface area contributed by atoms with Crippen LogP contribution < -0.4 is 74.1 Å². The van der Waals surface area contributed by atoms with Crippen molar-refractivity contribution in [1.29, 1.82) is 0 Å². The van der Waals surface area contributed by atoms with Crippen molar-refractivity contribution in [2.45, 2.75) is 9.79 Å². The standard InChI is InChI=1S/C24H17Cl2N3O9S2.2Na/c1-38-18-5-3-2-4-16(18)28-29-22-20(40(35,36)37)11-14-19(39(32,33)34)9-8-17(21(14)23(22)30)27-24(31)13-7-6-12(25)10-15(13)26;;/h2-11,30H,1H3,(H,27,31)(H,32,33,34)(H,35,36,37);;/q;2*+1/p-2. The number of fused-ring (bicyclic) bond motifs is 1. The average Bonchev–Trinajstić information content (AvgIpc) is 2.86. The molecule has 18 heteroatoms. The van der Waals surface area contributed by atoms with Gasteiger partial charge in [-0.05, 0) is 48.4 Å². The summed E-state index contributed by atoms with van der Waals surface area (Å²) in [6.07, 6.45) is 0. The van der Waals surface area contributed by atoms with Crippen molar-refractivity contribution < 1.29 is 100 Å². The smallest absolute Gasteiger partial charge is 0.870 e. The van der Waals surface area contributed by atoms with Crippen LogP contribution in [0.5, 0.6) is 11.5 Å². The molecule has 0 aromatic heterocycles. The molecule has 4 aromatic carbocycles. The van der Waals surface area contributed by atoms with Crippen LogP contribution >= 0.6 is 23.2 Å². The van der Waals surface area contributed by atoms with E-state index in [1.165, 1.54) is 37.4 Å². The van der Waals surface area contributed by atoms with Crippen molar-refractivity contribution in [3.63, 3.8) is 0 Å². The number of halogens is 2. The molecule has 0 atom stereocenters. The van der Waals surface area contributed by atoms with Crippen LogP contribution in [0.4, 0.5) is 17.1 Å². The summed E-state index contributed by atoms with van der Waals surface area (Å²) in [7, 11) is -8.92. The van der Waals surface area contributed by atoms with Crippen molar-refractivity contribution in [3.8, 4) is 11.5 Å². The Kier molecular flexibility index (Phi) is 12.4. The van der Waals surface area contributed by atoms with Gasteiger partial charge in [-0.1, -0.05) is 47.2 Å². The summed E-state index contributed by atoms with van der Waals surface area (Å²) in [4.78, 5) is 1.86. The van der Waals surface area contributed by atoms with Gasteiger partial charge in [0.05, 0.1) is 23.5 Å². The summed E-state index contributed by atoms with van der Waals surface area (Å²) in [6.45, 7) is 0. The first-order valence-corrected chi connectivity index (χ1v) is 14.4. The Hall–Kier alpha value is -1.79. The second-order valence-electron chi connectivity index (χ2n) is 7.92. The van der Waals surface area contributed by atoms with Crippen molar-refractivity contribution in [2.75, 3.05) is 7.11 Å². The molecule has 0 aliphatic carbocycles. The Labute approximate surface area is 294 Å². The zero-order valence-electron chi connectivity index (χ0n) is 21.9. The largest absolute Gasteiger partial charge is 1.00 e. The van der Waals surface area contributed by atoms with E-state index >= 15 is 0 Å². The number of azo groups is 1. The minimum atomic E-state index is -5.21. The summed E-state index contributed by atoms with van der Waals surface area (Å²) in [5, 5.41) is 33.0. The molecule has 4 aromatic rings. The number of methoxy groups -OCH3 is 1. The van der Waals surface area contributed by atoms with E-state index in [4.69, 9.17) is 27.9 Å². The van der Waals surface area contributed by atoms with E-state index in [2.05, 4.69) is 15.2 Å². The fourth-order valence-corrected chi connectivity index (χ4v) is 5.47. The third-order valence-electron chi connectivity index (χ3n) is 5.42. The predicted octanol–water partition coefficient (Wildman–Crippen LogP) is -1.42. The first-order valence-electron chi connectivity index (χ1n) is 10.7. The number of ether oxygens (including phenoxy) is 1. The number of nitrogens with zero attached hydrogens (tertiary/aromatic N) is 3. The molecule has 0 radical (unpaired) electrons. The molecule has 12 nitrogen and oxygen atoms in total. The summed E-state index contributed by atoms with van der Waals surface area (Å²) < 4.78 is 73.4. The molecule has 0 aliphatic rings. The molecule has 0 heterocycles. The predicted molar refractivity (Wildman–Crippen MR) is 143 cm³/mol. The number of rotatable bonds is 7. The molecule has 0 spiro atoms. The van der Waals surface area contributed by atoms with Gasteiger partial charge in [-0.3, -0.25) is 14.1 Å². The number of aliphatic imine (C=N–C) groups is 1. The van der Waals surface area contributed by atoms with Gasteiger partial charge in [-0.15, -0.1) is 10.2 Å². The van der Waals surface area contributed by atoms with Crippen molar-refractivity contribution in [1.82, 2.24) is 0 Å². The number of hydrogen-bond acceptors (Lipinski definition) is 10. The van der Waals surface area contributed by atoms with E-state index in [-0.39, 0.29) is 86.2 Å². The third-order valence-corrected chi connectivity index (χ3v) is 7.74. The summed E-state index contributed by atoms with van der Waals surface area (Å²) >= 11 is 11.9. The van der Waals surface area contributed by atoms with Crippen LogP contribution in [0.15, 0.2) is 85.7 Å². The molecule has 0 saturated carbocycles. The fraction of sp³-hybridized carbons (Fsp3) is 0.0417. The van der Waals surface area contributed by atoms with Gasteiger partial charge in [0.2, 0.25) is 0 Å². The molecular formula is C24H15Cl2N3Na2O9S2. The Morgan fingerprint density at radius 2 is 1.50 bits per heavy atom. The van der Waals surface area contributed by atoms with E-state index < -0.39 is 63.8 Å². The summed E-state index contributed by atoms with van der Waals surface area (Å²) in [5.74, 6) is -2.02. The SMILES string of the molecule is COc1ccccc1N=Nc1c(S(=O)(=O)O)cc2c(S(=O)(=O)O)ccc(N=C([O-])c3ccc(Cl)cc3Cl)c2c1[O-].[Na+].[Na+]. The van der Waals surface area contributed by atoms with Gasteiger partial charge < -0.3 is 14.9 Å². The number of benzene rings is 4. The monoisotopic (exact) mass is 669 g/mol. The number of hydrogen-bond donors (Lipinski definition) is 2. The minimum Gasteiger partial charge on any atom is -0.870 e. The zero-order chi connectivity index (χ0) is 29.4. The van der Waals surface area contributed by atoms with E-state index in [0.717, 1.165) is 12.1 Å². The van der Waals surface area contributed by atoms with E-state index in [9.17, 15) is 36.2 Å². The first-order chi connectivity index (χ1) is 18.7. The Morgan fingerprint density at radius 3 is 2.10 bits per heavy atom. The topological polar surface area (TPSA) is 201 Å². The molecule has 0 saturated heterocycles. The van der Waals surface area contributed by atoms with E-state index in [1.54, 1.807) is 12.1 Å². The van der Waals surface area contributed by atoms with Crippen LogP contribution in [0.25, 0.3) is 10.8 Å². The van der Waals surface area contributed by atoms with Crippen LogP contribution in [0.3, 0.4) is 0 Å². The Bertz CT molecular complexity index is 1960. The van der Waals surface area contributed by atoms with Crippen LogP contribution in [0, 0.1) is 0 Å². The summed E-state index contributed by atoms with van der Waals surface area (Å²) in [5.41, 5.74) is -1.38. The fourth-order valence-electron chi connectivity index (χ4n) is 3.66. The second kappa shape index (κ2) is 14.3. The minimum absolute atomic E-state index is 0. The maximum Gasteiger partial charge on any atom is 1.00 e. The summed E-state index contributed by atoms with van der Waals surface area (Å²) in [6, 6.07) is 12.4. The molecule has 4 rings (SSSR count). The molecule has 0 fully saturated rings. The molecule has 0 aliphatic heterocycles. The Morgan fingerprint density at radius 1 is 0.857 bits per heavy atom. The van der Waals surface area contributed by atoms with Crippen LogP contribution in [0.1, 0.15) is 5.56 Å². The normalized spacial score (nSPS) is 12.2. The third kappa shape index (κ3) is 7.83. The van der Waals surface area contributed by atoms with E-state index in [1.807, 2.05) is 0 Å². The molecule has 42 heavy (non-hydrogen) atoms. The van der Waals surface area contributed by atoms with Gasteiger partial charge in [0.25, 0.3) is 20.2 Å². The first kappa shape index (κ1) is 36.4. The second-order valence-corrected chi connectivity index (χ2v) is 11.5. The van der Waals surface area contributed by atoms with Gasteiger partial charge in [-0.25, -0.2) is 0 Å².